The lowest BCUT2D eigenvalue weighted by molar-refractivity contribution is 0.238. The van der Waals surface area contributed by atoms with Gasteiger partial charge in [0.1, 0.15) is 11.5 Å². The van der Waals surface area contributed by atoms with E-state index in [2.05, 4.69) is 44.4 Å². The summed E-state index contributed by atoms with van der Waals surface area (Å²) in [5.74, 6) is 0.433. The molecule has 3 heterocycles. The van der Waals surface area contributed by atoms with E-state index in [1.54, 1.807) is 12.2 Å². The summed E-state index contributed by atoms with van der Waals surface area (Å²) < 4.78 is 21.2. The van der Waals surface area contributed by atoms with Crippen LogP contribution in [0, 0.1) is 5.82 Å². The fourth-order valence-corrected chi connectivity index (χ4v) is 3.79. The first-order chi connectivity index (χ1) is 14.6. The number of halogens is 1. The summed E-state index contributed by atoms with van der Waals surface area (Å²) in [5, 5.41) is 0. The van der Waals surface area contributed by atoms with Crippen molar-refractivity contribution in [2.45, 2.75) is 19.5 Å². The van der Waals surface area contributed by atoms with Crippen molar-refractivity contribution in [3.8, 4) is 0 Å². The maximum Gasteiger partial charge on any atom is 0.298 e. The van der Waals surface area contributed by atoms with Crippen LogP contribution in [0.15, 0.2) is 54.4 Å². The number of hydrogen-bond donors (Lipinski definition) is 0. The molecule has 1 fully saturated rings. The highest BCUT2D eigenvalue weighted by molar-refractivity contribution is 5.58. The second-order valence-corrected chi connectivity index (χ2v) is 7.44. The molecule has 7 heteroatoms. The van der Waals surface area contributed by atoms with Crippen LogP contribution in [0.2, 0.25) is 0 Å². The van der Waals surface area contributed by atoms with Gasteiger partial charge in [0, 0.05) is 38.9 Å². The number of aromatic nitrogens is 3. The minimum atomic E-state index is -0.221. The normalized spacial score (nSPS) is 15.9. The van der Waals surface area contributed by atoms with Crippen LogP contribution in [-0.2, 0) is 6.54 Å². The van der Waals surface area contributed by atoms with Crippen molar-refractivity contribution in [2.75, 3.05) is 31.1 Å². The summed E-state index contributed by atoms with van der Waals surface area (Å²) in [7, 11) is 0. The van der Waals surface area contributed by atoms with Gasteiger partial charge in [-0.1, -0.05) is 25.3 Å². The average molecular weight is 407 g/mol. The van der Waals surface area contributed by atoms with Crippen molar-refractivity contribution in [3.63, 3.8) is 0 Å². The van der Waals surface area contributed by atoms with E-state index in [1.165, 1.54) is 12.1 Å². The highest BCUT2D eigenvalue weighted by Gasteiger charge is 2.23. The van der Waals surface area contributed by atoms with Crippen molar-refractivity contribution in [3.05, 3.63) is 78.5 Å². The molecule has 6 nitrogen and oxygen atoms in total. The van der Waals surface area contributed by atoms with Crippen LogP contribution in [0.25, 0.3) is 12.2 Å². The van der Waals surface area contributed by atoms with Gasteiger partial charge in [-0.25, -0.2) is 9.37 Å². The molecular weight excluding hydrogens is 381 g/mol. The van der Waals surface area contributed by atoms with E-state index in [0.29, 0.717) is 11.8 Å². The van der Waals surface area contributed by atoms with Crippen LogP contribution in [0.1, 0.15) is 35.7 Å². The van der Waals surface area contributed by atoms with Gasteiger partial charge in [-0.2, -0.15) is 4.98 Å². The lowest BCUT2D eigenvalue weighted by atomic mass is 10.1. The first kappa shape index (κ1) is 20.1. The largest absolute Gasteiger partial charge is 0.423 e. The van der Waals surface area contributed by atoms with Gasteiger partial charge in [0.25, 0.3) is 6.01 Å². The molecule has 1 atom stereocenters. The van der Waals surface area contributed by atoms with Gasteiger partial charge in [0.05, 0.1) is 18.1 Å². The van der Waals surface area contributed by atoms with E-state index in [-0.39, 0.29) is 11.9 Å². The summed E-state index contributed by atoms with van der Waals surface area (Å²) >= 11 is 0. The Morgan fingerprint density at radius 3 is 2.50 bits per heavy atom. The van der Waals surface area contributed by atoms with Gasteiger partial charge in [-0.3, -0.25) is 4.90 Å². The second kappa shape index (κ2) is 8.67. The molecule has 2 aromatic heterocycles. The zero-order valence-corrected chi connectivity index (χ0v) is 17.2. The molecule has 1 saturated heterocycles. The first-order valence-corrected chi connectivity index (χ1v) is 10.1. The maximum atomic E-state index is 13.2. The van der Waals surface area contributed by atoms with Crippen LogP contribution in [0.5, 0.6) is 0 Å². The fraction of sp³-hybridized carbons (Fsp3) is 0.304. The lowest BCUT2D eigenvalue weighted by Gasteiger charge is -2.34. The second-order valence-electron chi connectivity index (χ2n) is 7.44. The van der Waals surface area contributed by atoms with E-state index in [0.717, 1.165) is 49.7 Å². The van der Waals surface area contributed by atoms with Crippen LogP contribution in [0.3, 0.4) is 0 Å². The zero-order chi connectivity index (χ0) is 21.1. The average Bonchev–Trinajstić information content (AvgIpc) is 3.41. The molecule has 4 rings (SSSR count). The van der Waals surface area contributed by atoms with Crippen LogP contribution < -0.4 is 4.90 Å². The third-order valence-corrected chi connectivity index (χ3v) is 5.59. The number of imidazole rings is 1. The zero-order valence-electron chi connectivity index (χ0n) is 17.2. The van der Waals surface area contributed by atoms with E-state index in [1.807, 2.05) is 24.7 Å². The molecule has 1 aliphatic rings. The molecule has 0 N–H and O–H groups in total. The number of nitrogens with zero attached hydrogens (tertiary/aromatic N) is 5. The summed E-state index contributed by atoms with van der Waals surface area (Å²) in [5.41, 5.74) is 2.92. The molecule has 3 aromatic rings. The van der Waals surface area contributed by atoms with E-state index >= 15 is 0 Å². The van der Waals surface area contributed by atoms with Crippen LogP contribution in [0.4, 0.5) is 10.4 Å². The lowest BCUT2D eigenvalue weighted by Crippen LogP contribution is -2.46. The Kier molecular flexibility index (Phi) is 5.81. The van der Waals surface area contributed by atoms with Crippen molar-refractivity contribution >= 4 is 18.2 Å². The van der Waals surface area contributed by atoms with Crippen molar-refractivity contribution in [2.24, 2.45) is 0 Å². The molecule has 0 amide bonds. The first-order valence-electron chi connectivity index (χ1n) is 10.1. The fourth-order valence-electron chi connectivity index (χ4n) is 3.79. The Hall–Kier alpha value is -3.19. The summed E-state index contributed by atoms with van der Waals surface area (Å²) in [6, 6.07) is 7.36. The number of oxazole rings is 1. The maximum absolute atomic E-state index is 13.2. The van der Waals surface area contributed by atoms with E-state index in [9.17, 15) is 4.39 Å². The summed E-state index contributed by atoms with van der Waals surface area (Å²) in [4.78, 5) is 13.4. The predicted octanol–water partition coefficient (Wildman–Crippen LogP) is 4.23. The Morgan fingerprint density at radius 2 is 1.87 bits per heavy atom. The molecule has 0 aliphatic carbocycles. The topological polar surface area (TPSA) is 50.3 Å². The molecule has 0 bridgehead atoms. The Morgan fingerprint density at radius 1 is 1.13 bits per heavy atom. The van der Waals surface area contributed by atoms with Gasteiger partial charge in [-0.05, 0) is 36.8 Å². The molecule has 0 spiro atoms. The molecule has 0 radical (unpaired) electrons. The number of anilines is 1. The SMILES string of the molecule is C=Cc1nc(N2CCN(Cc3cncn3C(C)c3ccc(F)cc3)CC2)oc1C=C. The Balaban J connectivity index is 1.40. The summed E-state index contributed by atoms with van der Waals surface area (Å²) in [6.45, 7) is 13.9. The number of benzene rings is 1. The van der Waals surface area contributed by atoms with Crippen LogP contribution >= 0.6 is 0 Å². The molecule has 1 unspecified atom stereocenters. The van der Waals surface area contributed by atoms with Gasteiger partial charge in [0.2, 0.25) is 0 Å². The Bertz CT molecular complexity index is 989. The predicted molar refractivity (Wildman–Crippen MR) is 117 cm³/mol. The highest BCUT2D eigenvalue weighted by Crippen LogP contribution is 2.24. The molecule has 1 aliphatic heterocycles. The molecule has 30 heavy (non-hydrogen) atoms. The third kappa shape index (κ3) is 4.07. The van der Waals surface area contributed by atoms with Gasteiger partial charge in [-0.15, -0.1) is 0 Å². The van der Waals surface area contributed by atoms with Gasteiger partial charge in [0.15, 0.2) is 5.76 Å². The number of piperazine rings is 1. The minimum absolute atomic E-state index is 0.0892. The monoisotopic (exact) mass is 407 g/mol. The Labute approximate surface area is 176 Å². The molecule has 1 aromatic carbocycles. The number of rotatable bonds is 7. The smallest absolute Gasteiger partial charge is 0.298 e. The molecule has 156 valence electrons. The molecular formula is C23H26FN5O. The van der Waals surface area contributed by atoms with Crippen molar-refractivity contribution in [1.82, 2.24) is 19.4 Å². The number of hydrogen-bond acceptors (Lipinski definition) is 5. The third-order valence-electron chi connectivity index (χ3n) is 5.59. The van der Waals surface area contributed by atoms with Crippen LogP contribution in [-0.4, -0.2) is 45.6 Å². The van der Waals surface area contributed by atoms with E-state index in [4.69, 9.17) is 4.42 Å². The van der Waals surface area contributed by atoms with Gasteiger partial charge >= 0.3 is 0 Å². The quantitative estimate of drug-likeness (QED) is 0.587. The minimum Gasteiger partial charge on any atom is -0.423 e. The van der Waals surface area contributed by atoms with Crippen molar-refractivity contribution in [1.29, 1.82) is 0 Å². The van der Waals surface area contributed by atoms with Crippen molar-refractivity contribution < 1.29 is 8.81 Å². The summed E-state index contributed by atoms with van der Waals surface area (Å²) in [6.07, 6.45) is 7.10. The van der Waals surface area contributed by atoms with E-state index < -0.39 is 0 Å². The van der Waals surface area contributed by atoms with Gasteiger partial charge < -0.3 is 13.9 Å². The standard InChI is InChI=1S/C23H26FN5O/c1-4-21-22(5-2)30-23(26-21)28-12-10-27(11-13-28)15-20-14-25-16-29(20)17(3)18-6-8-19(24)9-7-18/h4-9,14,16-17H,1-2,10-13,15H2,3H3. The molecule has 0 saturated carbocycles. The highest BCUT2D eigenvalue weighted by atomic mass is 19.1.